The molecule has 1 N–H and O–H groups in total. The highest BCUT2D eigenvalue weighted by Gasteiger charge is 2.27. The van der Waals surface area contributed by atoms with Gasteiger partial charge in [-0.3, -0.25) is 14.6 Å². The van der Waals surface area contributed by atoms with E-state index in [1.807, 2.05) is 30.0 Å². The maximum absolute atomic E-state index is 13.0. The monoisotopic (exact) mass is 372 g/mol. The van der Waals surface area contributed by atoms with E-state index in [-0.39, 0.29) is 11.9 Å². The maximum Gasteiger partial charge on any atom is 0.322 e. The molecule has 3 aliphatic rings. The summed E-state index contributed by atoms with van der Waals surface area (Å²) in [6.45, 7) is 8.35. The van der Waals surface area contributed by atoms with Crippen molar-refractivity contribution in [2.45, 2.75) is 25.9 Å². The largest absolute Gasteiger partial charge is 0.377 e. The summed E-state index contributed by atoms with van der Waals surface area (Å²) in [5, 5.41) is 2.82. The van der Waals surface area contributed by atoms with Gasteiger partial charge in [-0.15, -0.1) is 0 Å². The Balaban J connectivity index is 1.39. The molecular weight excluding hydrogens is 344 g/mol. The van der Waals surface area contributed by atoms with Crippen molar-refractivity contribution in [3.63, 3.8) is 0 Å². The number of amides is 3. The average Bonchev–Trinajstić information content (AvgIpc) is 3.34. The zero-order valence-electron chi connectivity index (χ0n) is 15.9. The van der Waals surface area contributed by atoms with Gasteiger partial charge in [-0.1, -0.05) is 6.07 Å². The van der Waals surface area contributed by atoms with Gasteiger partial charge in [0.25, 0.3) is 5.91 Å². The molecule has 3 aliphatic heterocycles. The van der Waals surface area contributed by atoms with Crippen LogP contribution < -0.4 is 10.2 Å². The van der Waals surface area contributed by atoms with Crippen molar-refractivity contribution in [1.29, 1.82) is 0 Å². The molecule has 1 aromatic carbocycles. The second kappa shape index (κ2) is 7.86. The SMILES string of the molecule is Cc1ccc(C(=O)N2CCN(CC3CCCO3)CC2)cc1N1CCNC1=O. The van der Waals surface area contributed by atoms with Crippen molar-refractivity contribution in [3.8, 4) is 0 Å². The van der Waals surface area contributed by atoms with Gasteiger partial charge in [0, 0.05) is 63.7 Å². The lowest BCUT2D eigenvalue weighted by Gasteiger charge is -2.35. The van der Waals surface area contributed by atoms with E-state index in [2.05, 4.69) is 10.2 Å². The third kappa shape index (κ3) is 3.94. The summed E-state index contributed by atoms with van der Waals surface area (Å²) in [6.07, 6.45) is 2.67. The lowest BCUT2D eigenvalue weighted by molar-refractivity contribution is 0.0432. The molecule has 0 aromatic heterocycles. The van der Waals surface area contributed by atoms with E-state index in [4.69, 9.17) is 4.74 Å². The molecule has 1 atom stereocenters. The molecule has 3 heterocycles. The van der Waals surface area contributed by atoms with Crippen LogP contribution in [0.2, 0.25) is 0 Å². The fourth-order valence-electron chi connectivity index (χ4n) is 4.13. The summed E-state index contributed by atoms with van der Waals surface area (Å²) < 4.78 is 5.72. The molecule has 27 heavy (non-hydrogen) atoms. The Morgan fingerprint density at radius 3 is 2.70 bits per heavy atom. The van der Waals surface area contributed by atoms with E-state index in [9.17, 15) is 9.59 Å². The number of carbonyl (C=O) groups is 2. The number of rotatable bonds is 4. The minimum absolute atomic E-state index is 0.0487. The number of nitrogens with zero attached hydrogens (tertiary/aromatic N) is 3. The standard InChI is InChI=1S/C20H28N4O3/c1-15-4-5-16(13-18(15)24-7-6-21-20(24)26)19(25)23-10-8-22(9-11-23)14-17-3-2-12-27-17/h4-5,13,17H,2-3,6-12,14H2,1H3,(H,21,26). The summed E-state index contributed by atoms with van der Waals surface area (Å²) in [5.74, 6) is 0.0487. The highest BCUT2D eigenvalue weighted by atomic mass is 16.5. The summed E-state index contributed by atoms with van der Waals surface area (Å²) in [5.41, 5.74) is 2.49. The Labute approximate surface area is 160 Å². The summed E-state index contributed by atoms with van der Waals surface area (Å²) in [6, 6.07) is 5.57. The van der Waals surface area contributed by atoms with E-state index >= 15 is 0 Å². The molecule has 146 valence electrons. The lowest BCUT2D eigenvalue weighted by Crippen LogP contribution is -2.50. The van der Waals surface area contributed by atoms with Gasteiger partial charge >= 0.3 is 6.03 Å². The number of aryl methyl sites for hydroxylation is 1. The van der Waals surface area contributed by atoms with Crippen LogP contribution in [0, 0.1) is 6.92 Å². The van der Waals surface area contributed by atoms with Crippen LogP contribution in [0.1, 0.15) is 28.8 Å². The van der Waals surface area contributed by atoms with Crippen LogP contribution in [0.15, 0.2) is 18.2 Å². The van der Waals surface area contributed by atoms with Gasteiger partial charge in [-0.2, -0.15) is 0 Å². The summed E-state index contributed by atoms with van der Waals surface area (Å²) in [7, 11) is 0. The van der Waals surface area contributed by atoms with E-state index in [1.54, 1.807) is 4.90 Å². The van der Waals surface area contributed by atoms with Gasteiger partial charge in [0.2, 0.25) is 0 Å². The van der Waals surface area contributed by atoms with Gasteiger partial charge in [0.1, 0.15) is 0 Å². The molecule has 0 spiro atoms. The molecule has 0 saturated carbocycles. The van der Waals surface area contributed by atoms with E-state index in [0.29, 0.717) is 24.8 Å². The molecule has 3 saturated heterocycles. The van der Waals surface area contributed by atoms with Gasteiger partial charge < -0.3 is 15.0 Å². The number of ether oxygens (including phenoxy) is 1. The summed E-state index contributed by atoms with van der Waals surface area (Å²) in [4.78, 5) is 31.0. The van der Waals surface area contributed by atoms with Crippen molar-refractivity contribution in [2.75, 3.05) is 57.3 Å². The number of anilines is 1. The molecule has 3 amide bonds. The van der Waals surface area contributed by atoms with E-state index in [1.165, 1.54) is 0 Å². The van der Waals surface area contributed by atoms with Crippen molar-refractivity contribution in [3.05, 3.63) is 29.3 Å². The Morgan fingerprint density at radius 2 is 2.04 bits per heavy atom. The predicted octanol–water partition coefficient (Wildman–Crippen LogP) is 1.46. The van der Waals surface area contributed by atoms with Crippen LogP contribution in [0.5, 0.6) is 0 Å². The third-order valence-electron chi connectivity index (χ3n) is 5.75. The molecule has 0 radical (unpaired) electrons. The van der Waals surface area contributed by atoms with Crippen molar-refractivity contribution in [2.24, 2.45) is 0 Å². The number of piperazine rings is 1. The quantitative estimate of drug-likeness (QED) is 0.869. The molecule has 7 heteroatoms. The van der Waals surface area contributed by atoms with E-state index in [0.717, 1.165) is 63.4 Å². The first-order valence-electron chi connectivity index (χ1n) is 9.91. The van der Waals surface area contributed by atoms with Crippen LogP contribution in [-0.4, -0.2) is 80.3 Å². The number of carbonyl (C=O) groups excluding carboxylic acids is 2. The van der Waals surface area contributed by atoms with E-state index < -0.39 is 0 Å². The van der Waals surface area contributed by atoms with Crippen LogP contribution in [0.3, 0.4) is 0 Å². The maximum atomic E-state index is 13.0. The fraction of sp³-hybridized carbons (Fsp3) is 0.600. The number of hydrogen-bond donors (Lipinski definition) is 1. The second-order valence-electron chi connectivity index (χ2n) is 7.61. The zero-order chi connectivity index (χ0) is 18.8. The number of urea groups is 1. The Hall–Kier alpha value is -2.12. The molecule has 1 unspecified atom stereocenters. The number of hydrogen-bond acceptors (Lipinski definition) is 4. The number of nitrogens with one attached hydrogen (secondary N) is 1. The lowest BCUT2D eigenvalue weighted by atomic mass is 10.1. The van der Waals surface area contributed by atoms with Crippen LogP contribution in [0.4, 0.5) is 10.5 Å². The van der Waals surface area contributed by atoms with Gasteiger partial charge in [-0.25, -0.2) is 4.79 Å². The number of benzene rings is 1. The van der Waals surface area contributed by atoms with Crippen LogP contribution >= 0.6 is 0 Å². The smallest absolute Gasteiger partial charge is 0.322 e. The Morgan fingerprint density at radius 1 is 1.22 bits per heavy atom. The van der Waals surface area contributed by atoms with Crippen molar-refractivity contribution in [1.82, 2.24) is 15.1 Å². The Bertz CT molecular complexity index is 709. The molecule has 1 aromatic rings. The summed E-state index contributed by atoms with van der Waals surface area (Å²) >= 11 is 0. The third-order valence-corrected chi connectivity index (χ3v) is 5.75. The van der Waals surface area contributed by atoms with Crippen LogP contribution in [-0.2, 0) is 4.74 Å². The normalized spacial score (nSPS) is 23.7. The van der Waals surface area contributed by atoms with Crippen molar-refractivity contribution >= 4 is 17.6 Å². The topological polar surface area (TPSA) is 65.1 Å². The first-order chi connectivity index (χ1) is 13.1. The first-order valence-corrected chi connectivity index (χ1v) is 9.91. The highest BCUT2D eigenvalue weighted by Crippen LogP contribution is 2.24. The molecule has 0 bridgehead atoms. The van der Waals surface area contributed by atoms with Gasteiger partial charge in [0.05, 0.1) is 6.10 Å². The minimum atomic E-state index is -0.0922. The fourth-order valence-corrected chi connectivity index (χ4v) is 4.13. The van der Waals surface area contributed by atoms with Gasteiger partial charge in [-0.05, 0) is 37.5 Å². The molecule has 0 aliphatic carbocycles. The van der Waals surface area contributed by atoms with Crippen molar-refractivity contribution < 1.29 is 14.3 Å². The Kier molecular flexibility index (Phi) is 5.31. The first kappa shape index (κ1) is 18.3. The molecule has 4 rings (SSSR count). The molecule has 7 nitrogen and oxygen atoms in total. The minimum Gasteiger partial charge on any atom is -0.377 e. The molecule has 3 fully saturated rings. The highest BCUT2D eigenvalue weighted by molar-refractivity contribution is 5.99. The predicted molar refractivity (Wildman–Crippen MR) is 103 cm³/mol. The molecular formula is C20H28N4O3. The zero-order valence-corrected chi connectivity index (χ0v) is 15.9. The average molecular weight is 372 g/mol. The second-order valence-corrected chi connectivity index (χ2v) is 7.61. The van der Waals surface area contributed by atoms with Gasteiger partial charge in [0.15, 0.2) is 0 Å². The van der Waals surface area contributed by atoms with Crippen LogP contribution in [0.25, 0.3) is 0 Å².